The van der Waals surface area contributed by atoms with Gasteiger partial charge in [0.25, 0.3) is 5.56 Å². The Kier molecular flexibility index (Phi) is 4.55. The van der Waals surface area contributed by atoms with E-state index in [1.54, 1.807) is 24.3 Å². The van der Waals surface area contributed by atoms with Crippen LogP contribution in [0.25, 0.3) is 0 Å². The van der Waals surface area contributed by atoms with Crippen LogP contribution in [0.15, 0.2) is 29.1 Å². The van der Waals surface area contributed by atoms with Crippen LogP contribution in [0.5, 0.6) is 5.75 Å². The van der Waals surface area contributed by atoms with Crippen LogP contribution < -0.4 is 10.9 Å². The standard InChI is InChI=1S/C19H23N3O4S/c1-19(2)9-12(7-8-26-19)22-17-15(18(25)21-22)16(27-10-14(24)20-17)11-3-5-13(23)6-4-11/h3-6,12,16,23H,7-10H2,1-2H3,(H,20,24)(H,21,25)/t12-,16-/m1/s1. The molecule has 144 valence electrons. The maximum absolute atomic E-state index is 12.9. The van der Waals surface area contributed by atoms with Crippen LogP contribution in [0, 0.1) is 0 Å². The van der Waals surface area contributed by atoms with E-state index in [1.165, 1.54) is 11.8 Å². The van der Waals surface area contributed by atoms with Gasteiger partial charge in [-0.15, -0.1) is 11.8 Å². The average Bonchev–Trinajstić information content (AvgIpc) is 2.81. The number of aromatic nitrogens is 2. The van der Waals surface area contributed by atoms with Gasteiger partial charge in [-0.3, -0.25) is 19.4 Å². The second-order valence-corrected chi connectivity index (χ2v) is 8.75. The Hall–Kier alpha value is -2.19. The van der Waals surface area contributed by atoms with Gasteiger partial charge in [-0.25, -0.2) is 0 Å². The maximum Gasteiger partial charge on any atom is 0.270 e. The number of carbonyl (C=O) groups excluding carboxylic acids is 1. The van der Waals surface area contributed by atoms with Crippen molar-refractivity contribution in [2.75, 3.05) is 17.7 Å². The lowest BCUT2D eigenvalue weighted by Gasteiger charge is -2.36. The van der Waals surface area contributed by atoms with E-state index in [2.05, 4.69) is 10.4 Å². The molecular weight excluding hydrogens is 366 g/mol. The van der Waals surface area contributed by atoms with Crippen LogP contribution >= 0.6 is 11.8 Å². The average molecular weight is 389 g/mol. The Bertz CT molecular complexity index is 916. The number of phenolic OH excluding ortho intramolecular Hbond substituents is 1. The zero-order valence-electron chi connectivity index (χ0n) is 15.3. The molecule has 0 saturated carbocycles. The summed E-state index contributed by atoms with van der Waals surface area (Å²) >= 11 is 1.42. The van der Waals surface area contributed by atoms with Crippen LogP contribution in [-0.2, 0) is 9.53 Å². The van der Waals surface area contributed by atoms with Crippen molar-refractivity contribution in [3.8, 4) is 5.75 Å². The summed E-state index contributed by atoms with van der Waals surface area (Å²) in [6.45, 7) is 4.68. The van der Waals surface area contributed by atoms with E-state index in [0.717, 1.165) is 18.4 Å². The molecule has 27 heavy (non-hydrogen) atoms. The number of ether oxygens (including phenoxy) is 1. The molecule has 2 aromatic rings. The molecular formula is C19H23N3O4S. The smallest absolute Gasteiger partial charge is 0.270 e. The molecule has 1 aromatic carbocycles. The van der Waals surface area contributed by atoms with Crippen LogP contribution in [0.3, 0.4) is 0 Å². The molecule has 0 unspecified atom stereocenters. The Morgan fingerprint density at radius 2 is 2.00 bits per heavy atom. The van der Waals surface area contributed by atoms with Gasteiger partial charge in [0, 0.05) is 6.61 Å². The Balaban J connectivity index is 1.80. The number of nitrogens with one attached hydrogen (secondary N) is 2. The Labute approximate surface area is 161 Å². The molecule has 0 spiro atoms. The van der Waals surface area contributed by atoms with E-state index < -0.39 is 0 Å². The summed E-state index contributed by atoms with van der Waals surface area (Å²) < 4.78 is 7.61. The van der Waals surface area contributed by atoms with E-state index in [4.69, 9.17) is 4.74 Å². The molecule has 0 radical (unpaired) electrons. The van der Waals surface area contributed by atoms with Crippen molar-refractivity contribution in [3.05, 3.63) is 45.7 Å². The van der Waals surface area contributed by atoms with Crippen molar-refractivity contribution >= 4 is 23.5 Å². The number of H-pyrrole nitrogens is 1. The number of rotatable bonds is 2. The number of nitrogens with zero attached hydrogens (tertiary/aromatic N) is 1. The molecule has 7 nitrogen and oxygen atoms in total. The van der Waals surface area contributed by atoms with Gasteiger partial charge < -0.3 is 15.2 Å². The predicted octanol–water partition coefficient (Wildman–Crippen LogP) is 2.79. The highest BCUT2D eigenvalue weighted by Gasteiger charge is 2.35. The third-order valence-electron chi connectivity index (χ3n) is 5.10. The van der Waals surface area contributed by atoms with E-state index in [9.17, 15) is 14.7 Å². The first-order valence-electron chi connectivity index (χ1n) is 9.03. The SMILES string of the molecule is CC1(C)C[C@H](n2[nH]c(=O)c3c2NC(=O)CS[C@@H]3c2ccc(O)cc2)CCO1. The second kappa shape index (κ2) is 6.76. The second-order valence-electron chi connectivity index (χ2n) is 7.66. The van der Waals surface area contributed by atoms with Crippen molar-refractivity contribution in [2.45, 2.75) is 43.6 Å². The summed E-state index contributed by atoms with van der Waals surface area (Å²) in [6.07, 6.45) is 1.52. The number of fused-ring (bicyclic) bond motifs is 1. The number of hydrogen-bond acceptors (Lipinski definition) is 5. The third-order valence-corrected chi connectivity index (χ3v) is 6.37. The first kappa shape index (κ1) is 18.2. The summed E-state index contributed by atoms with van der Waals surface area (Å²) in [5.41, 5.74) is 0.964. The Morgan fingerprint density at radius 3 is 2.70 bits per heavy atom. The summed E-state index contributed by atoms with van der Waals surface area (Å²) in [5, 5.41) is 15.2. The molecule has 0 aliphatic carbocycles. The minimum atomic E-state index is -0.281. The predicted molar refractivity (Wildman–Crippen MR) is 104 cm³/mol. The summed E-state index contributed by atoms with van der Waals surface area (Å²) in [6, 6.07) is 6.83. The molecule has 2 aliphatic rings. The Morgan fingerprint density at radius 1 is 1.26 bits per heavy atom. The van der Waals surface area contributed by atoms with Crippen molar-refractivity contribution in [1.29, 1.82) is 0 Å². The highest BCUT2D eigenvalue weighted by Crippen LogP contribution is 2.42. The number of aromatic amines is 1. The lowest BCUT2D eigenvalue weighted by Crippen LogP contribution is -2.36. The topological polar surface area (TPSA) is 96.4 Å². The zero-order chi connectivity index (χ0) is 19.2. The number of carbonyl (C=O) groups is 1. The normalized spacial score (nSPS) is 24.7. The van der Waals surface area contributed by atoms with Crippen LogP contribution in [0.4, 0.5) is 5.82 Å². The van der Waals surface area contributed by atoms with E-state index in [1.807, 2.05) is 18.5 Å². The monoisotopic (exact) mass is 389 g/mol. The number of amides is 1. The van der Waals surface area contributed by atoms with Gasteiger partial charge in [-0.05, 0) is 44.4 Å². The molecule has 2 atom stereocenters. The molecule has 1 aromatic heterocycles. The molecule has 1 fully saturated rings. The van der Waals surface area contributed by atoms with Crippen molar-refractivity contribution in [1.82, 2.24) is 9.78 Å². The highest BCUT2D eigenvalue weighted by molar-refractivity contribution is 8.00. The minimum Gasteiger partial charge on any atom is -0.508 e. The van der Waals surface area contributed by atoms with Gasteiger partial charge in [0.2, 0.25) is 5.91 Å². The zero-order valence-corrected chi connectivity index (χ0v) is 16.1. The number of thioether (sulfide) groups is 1. The number of benzene rings is 1. The van der Waals surface area contributed by atoms with E-state index in [0.29, 0.717) is 18.0 Å². The fourth-order valence-corrected chi connectivity index (χ4v) is 4.98. The van der Waals surface area contributed by atoms with Gasteiger partial charge in [0.05, 0.1) is 28.2 Å². The molecule has 4 rings (SSSR count). The molecule has 1 amide bonds. The van der Waals surface area contributed by atoms with Gasteiger partial charge in [0.15, 0.2) is 0 Å². The summed E-state index contributed by atoms with van der Waals surface area (Å²) in [7, 11) is 0. The molecule has 3 N–H and O–H groups in total. The minimum absolute atomic E-state index is 0.0501. The van der Waals surface area contributed by atoms with Crippen LogP contribution in [-0.4, -0.2) is 38.8 Å². The van der Waals surface area contributed by atoms with Crippen molar-refractivity contribution in [2.24, 2.45) is 0 Å². The van der Waals surface area contributed by atoms with E-state index >= 15 is 0 Å². The quantitative estimate of drug-likeness (QED) is 0.734. The van der Waals surface area contributed by atoms with Crippen molar-refractivity contribution < 1.29 is 14.6 Å². The maximum atomic E-state index is 12.9. The van der Waals surface area contributed by atoms with Gasteiger partial charge in [-0.2, -0.15) is 0 Å². The number of hydrogen-bond donors (Lipinski definition) is 3. The highest BCUT2D eigenvalue weighted by atomic mass is 32.2. The van der Waals surface area contributed by atoms with Crippen LogP contribution in [0.2, 0.25) is 0 Å². The molecule has 0 bridgehead atoms. The van der Waals surface area contributed by atoms with Crippen LogP contribution in [0.1, 0.15) is 49.1 Å². The molecule has 8 heteroatoms. The summed E-state index contributed by atoms with van der Waals surface area (Å²) in [5.74, 6) is 0.860. The number of phenols is 1. The first-order valence-corrected chi connectivity index (χ1v) is 10.1. The van der Waals surface area contributed by atoms with Gasteiger partial charge in [-0.1, -0.05) is 12.1 Å². The van der Waals surface area contributed by atoms with E-state index in [-0.39, 0.29) is 39.9 Å². The fraction of sp³-hybridized carbons (Fsp3) is 0.474. The number of anilines is 1. The number of aromatic hydroxyl groups is 1. The first-order chi connectivity index (χ1) is 12.8. The lowest BCUT2D eigenvalue weighted by atomic mass is 9.94. The molecule has 1 saturated heterocycles. The fourth-order valence-electron chi connectivity index (χ4n) is 3.85. The molecule has 3 heterocycles. The summed E-state index contributed by atoms with van der Waals surface area (Å²) in [4.78, 5) is 25.2. The lowest BCUT2D eigenvalue weighted by molar-refractivity contribution is -0.113. The largest absolute Gasteiger partial charge is 0.508 e. The third kappa shape index (κ3) is 3.51. The molecule has 2 aliphatic heterocycles. The van der Waals surface area contributed by atoms with Gasteiger partial charge >= 0.3 is 0 Å². The van der Waals surface area contributed by atoms with Crippen molar-refractivity contribution in [3.63, 3.8) is 0 Å². The van der Waals surface area contributed by atoms with Gasteiger partial charge in [0.1, 0.15) is 11.6 Å².